The molecule has 2 aromatic heterocycles. The van der Waals surface area contributed by atoms with Crippen molar-refractivity contribution in [1.29, 1.82) is 0 Å². The lowest BCUT2D eigenvalue weighted by atomic mass is 10.2. The Labute approximate surface area is 150 Å². The van der Waals surface area contributed by atoms with Crippen molar-refractivity contribution in [2.45, 2.75) is 5.22 Å². The van der Waals surface area contributed by atoms with Gasteiger partial charge in [0.05, 0.1) is 11.9 Å². The zero-order chi connectivity index (χ0) is 18.4. The van der Waals surface area contributed by atoms with Crippen LogP contribution in [0.1, 0.15) is 10.5 Å². The minimum absolute atomic E-state index is 0.0637. The number of thioether (sulfide) groups is 1. The molecular formula is C15H11FN6O3S. The first-order valence-electron chi connectivity index (χ1n) is 7.19. The zero-order valence-electron chi connectivity index (χ0n) is 13.0. The van der Waals surface area contributed by atoms with Crippen LogP contribution in [0.5, 0.6) is 0 Å². The minimum atomic E-state index is -0.590. The summed E-state index contributed by atoms with van der Waals surface area (Å²) in [4.78, 5) is 31.0. The van der Waals surface area contributed by atoms with Crippen LogP contribution in [-0.4, -0.2) is 37.7 Å². The van der Waals surface area contributed by atoms with E-state index >= 15 is 0 Å². The van der Waals surface area contributed by atoms with Gasteiger partial charge in [0.2, 0.25) is 11.8 Å². The molecule has 0 spiro atoms. The number of carbonyl (C=O) groups is 2. The topological polar surface area (TPSA) is 123 Å². The maximum atomic E-state index is 12.9. The van der Waals surface area contributed by atoms with Crippen LogP contribution in [0.4, 0.5) is 4.39 Å². The average molecular weight is 374 g/mol. The second-order valence-electron chi connectivity index (χ2n) is 4.76. The molecule has 0 atom stereocenters. The van der Waals surface area contributed by atoms with Crippen LogP contribution < -0.4 is 10.9 Å². The lowest BCUT2D eigenvalue weighted by molar-refractivity contribution is -0.119. The lowest BCUT2D eigenvalue weighted by Crippen LogP contribution is -2.42. The normalized spacial score (nSPS) is 10.3. The third-order valence-electron chi connectivity index (χ3n) is 2.94. The fourth-order valence-corrected chi connectivity index (χ4v) is 2.31. The van der Waals surface area contributed by atoms with Gasteiger partial charge in [-0.25, -0.2) is 9.37 Å². The van der Waals surface area contributed by atoms with Gasteiger partial charge in [0.15, 0.2) is 0 Å². The van der Waals surface area contributed by atoms with Crippen molar-refractivity contribution in [3.8, 4) is 11.5 Å². The third-order valence-corrected chi connectivity index (χ3v) is 3.75. The number of carbonyl (C=O) groups excluding carboxylic acids is 2. The van der Waals surface area contributed by atoms with Crippen LogP contribution in [0, 0.1) is 5.82 Å². The van der Waals surface area contributed by atoms with Gasteiger partial charge in [0.1, 0.15) is 11.5 Å². The van der Waals surface area contributed by atoms with Crippen molar-refractivity contribution in [2.75, 3.05) is 5.75 Å². The Kier molecular flexibility index (Phi) is 5.49. The van der Waals surface area contributed by atoms with E-state index in [2.05, 4.69) is 31.0 Å². The average Bonchev–Trinajstić information content (AvgIpc) is 3.14. The molecule has 0 aliphatic carbocycles. The molecule has 2 N–H and O–H groups in total. The van der Waals surface area contributed by atoms with Crippen LogP contribution in [-0.2, 0) is 4.79 Å². The highest BCUT2D eigenvalue weighted by atomic mass is 32.2. The fraction of sp³-hybridized carbons (Fsp3) is 0.0667. The van der Waals surface area contributed by atoms with Gasteiger partial charge in [-0.1, -0.05) is 11.8 Å². The van der Waals surface area contributed by atoms with Gasteiger partial charge in [0, 0.05) is 18.0 Å². The second kappa shape index (κ2) is 8.16. The second-order valence-corrected chi connectivity index (χ2v) is 5.69. The summed E-state index contributed by atoms with van der Waals surface area (Å²) < 4.78 is 18.3. The van der Waals surface area contributed by atoms with Gasteiger partial charge < -0.3 is 4.42 Å². The third kappa shape index (κ3) is 4.60. The molecule has 0 saturated carbocycles. The molecule has 26 heavy (non-hydrogen) atoms. The molecule has 0 fully saturated rings. The molecule has 0 aliphatic heterocycles. The van der Waals surface area contributed by atoms with Crippen molar-refractivity contribution in [1.82, 2.24) is 31.0 Å². The summed E-state index contributed by atoms with van der Waals surface area (Å²) in [6.45, 7) is 0. The van der Waals surface area contributed by atoms with E-state index in [0.29, 0.717) is 5.56 Å². The smallest absolute Gasteiger partial charge is 0.289 e. The number of amides is 2. The molecule has 0 bridgehead atoms. The van der Waals surface area contributed by atoms with Gasteiger partial charge in [-0.05, 0) is 24.3 Å². The van der Waals surface area contributed by atoms with Crippen molar-refractivity contribution in [3.63, 3.8) is 0 Å². The van der Waals surface area contributed by atoms with E-state index in [1.807, 2.05) is 0 Å². The number of benzene rings is 1. The maximum Gasteiger partial charge on any atom is 0.289 e. The van der Waals surface area contributed by atoms with Crippen molar-refractivity contribution in [2.24, 2.45) is 0 Å². The van der Waals surface area contributed by atoms with Crippen molar-refractivity contribution in [3.05, 3.63) is 54.4 Å². The largest absolute Gasteiger partial charge is 0.411 e. The zero-order valence-corrected chi connectivity index (χ0v) is 13.9. The summed E-state index contributed by atoms with van der Waals surface area (Å²) >= 11 is 0.989. The molecule has 9 nitrogen and oxygen atoms in total. The number of halogens is 1. The van der Waals surface area contributed by atoms with Crippen LogP contribution in [0.15, 0.2) is 52.5 Å². The molecule has 2 amide bonds. The van der Waals surface area contributed by atoms with Gasteiger partial charge >= 0.3 is 0 Å². The van der Waals surface area contributed by atoms with E-state index in [1.165, 1.54) is 42.9 Å². The van der Waals surface area contributed by atoms with Crippen molar-refractivity contribution < 1.29 is 18.4 Å². The number of hydrogen-bond donors (Lipinski definition) is 2. The number of aromatic nitrogens is 4. The summed E-state index contributed by atoms with van der Waals surface area (Å²) in [5.74, 6) is -1.29. The van der Waals surface area contributed by atoms with Crippen LogP contribution in [0.2, 0.25) is 0 Å². The molecule has 3 aromatic rings. The molecular weight excluding hydrogens is 363 g/mol. The number of rotatable bonds is 5. The van der Waals surface area contributed by atoms with Crippen molar-refractivity contribution >= 4 is 23.6 Å². The van der Waals surface area contributed by atoms with E-state index in [9.17, 15) is 14.0 Å². The summed E-state index contributed by atoms with van der Waals surface area (Å²) in [6.07, 6.45) is 4.06. The number of hydrazine groups is 1. The Bertz CT molecular complexity index is 903. The minimum Gasteiger partial charge on any atom is -0.411 e. The Morgan fingerprint density at radius 1 is 1.12 bits per heavy atom. The van der Waals surface area contributed by atoms with E-state index in [4.69, 9.17) is 4.42 Å². The molecule has 132 valence electrons. The summed E-state index contributed by atoms with van der Waals surface area (Å²) in [7, 11) is 0. The first-order valence-corrected chi connectivity index (χ1v) is 8.18. The molecule has 3 rings (SSSR count). The van der Waals surface area contributed by atoms with Crippen LogP contribution in [0.25, 0.3) is 11.5 Å². The van der Waals surface area contributed by atoms with E-state index < -0.39 is 11.8 Å². The molecule has 2 heterocycles. The van der Waals surface area contributed by atoms with E-state index in [1.54, 1.807) is 0 Å². The first-order chi connectivity index (χ1) is 12.6. The number of nitrogens with one attached hydrogen (secondary N) is 2. The Hall–Kier alpha value is -3.34. The molecule has 0 saturated heterocycles. The highest BCUT2D eigenvalue weighted by molar-refractivity contribution is 7.99. The number of hydrogen-bond acceptors (Lipinski definition) is 8. The molecule has 11 heteroatoms. The summed E-state index contributed by atoms with van der Waals surface area (Å²) in [6, 6.07) is 5.57. The van der Waals surface area contributed by atoms with Gasteiger partial charge in [-0.15, -0.1) is 10.2 Å². The van der Waals surface area contributed by atoms with E-state index in [-0.39, 0.29) is 28.4 Å². The fourth-order valence-electron chi connectivity index (χ4n) is 1.75. The van der Waals surface area contributed by atoms with Gasteiger partial charge in [-0.3, -0.25) is 25.4 Å². The standard InChI is InChI=1S/C15H11FN6O3S/c16-10-3-1-9(2-4-10)14-21-22-15(25-14)26-8-12(23)19-20-13(24)11-7-17-5-6-18-11/h1-7H,8H2,(H,19,23)(H,20,24). The van der Waals surface area contributed by atoms with E-state index in [0.717, 1.165) is 11.8 Å². The monoisotopic (exact) mass is 374 g/mol. The quantitative estimate of drug-likeness (QED) is 0.505. The molecule has 0 radical (unpaired) electrons. The van der Waals surface area contributed by atoms with Gasteiger partial charge in [0.25, 0.3) is 11.1 Å². The predicted octanol–water partition coefficient (Wildman–Crippen LogP) is 1.22. The Morgan fingerprint density at radius 2 is 1.92 bits per heavy atom. The SMILES string of the molecule is O=C(CSc1nnc(-c2ccc(F)cc2)o1)NNC(=O)c1cnccn1. The molecule has 0 aliphatic rings. The Morgan fingerprint density at radius 3 is 2.65 bits per heavy atom. The van der Waals surface area contributed by atoms with Crippen LogP contribution in [0.3, 0.4) is 0 Å². The number of nitrogens with zero attached hydrogens (tertiary/aromatic N) is 4. The Balaban J connectivity index is 1.47. The van der Waals surface area contributed by atoms with Crippen LogP contribution >= 0.6 is 11.8 Å². The maximum absolute atomic E-state index is 12.9. The molecule has 0 unspecified atom stereocenters. The first kappa shape index (κ1) is 17.5. The predicted molar refractivity (Wildman–Crippen MR) is 88.1 cm³/mol. The van der Waals surface area contributed by atoms with Gasteiger partial charge in [-0.2, -0.15) is 0 Å². The lowest BCUT2D eigenvalue weighted by Gasteiger charge is -2.05. The highest BCUT2D eigenvalue weighted by Gasteiger charge is 2.12. The highest BCUT2D eigenvalue weighted by Crippen LogP contribution is 2.23. The summed E-state index contributed by atoms with van der Waals surface area (Å²) in [5.41, 5.74) is 5.08. The molecule has 1 aromatic carbocycles. The summed E-state index contributed by atoms with van der Waals surface area (Å²) in [5, 5.41) is 7.79.